The van der Waals surface area contributed by atoms with Gasteiger partial charge in [-0.05, 0) is 6.92 Å². The number of aromatic carboxylic acids is 1. The summed E-state index contributed by atoms with van der Waals surface area (Å²) in [7, 11) is 3.67. The molecule has 0 bridgehead atoms. The van der Waals surface area contributed by atoms with Gasteiger partial charge in [-0.2, -0.15) is 0 Å². The van der Waals surface area contributed by atoms with Crippen LogP contribution in [0.2, 0.25) is 0 Å². The lowest BCUT2D eigenvalue weighted by atomic mass is 10.4. The Bertz CT molecular complexity index is 317. The molecule has 13 heavy (non-hydrogen) atoms. The van der Waals surface area contributed by atoms with E-state index in [0.29, 0.717) is 12.5 Å². The highest BCUT2D eigenvalue weighted by Crippen LogP contribution is 2.12. The first-order chi connectivity index (χ1) is 6.07. The van der Waals surface area contributed by atoms with Gasteiger partial charge in [-0.3, -0.25) is 0 Å². The van der Waals surface area contributed by atoms with Gasteiger partial charge in [0.2, 0.25) is 5.95 Å². The Balaban J connectivity index is 3.18. The SMILES string of the molecule is CCn1c(C(=O)O)cnc1N(C)C. The van der Waals surface area contributed by atoms with Crippen LogP contribution in [0, 0.1) is 0 Å². The number of rotatable bonds is 3. The van der Waals surface area contributed by atoms with Crippen molar-refractivity contribution in [2.45, 2.75) is 13.5 Å². The van der Waals surface area contributed by atoms with E-state index < -0.39 is 5.97 Å². The summed E-state index contributed by atoms with van der Waals surface area (Å²) in [5, 5.41) is 8.81. The summed E-state index contributed by atoms with van der Waals surface area (Å²) in [5.74, 6) is -0.276. The molecule has 0 aliphatic rings. The van der Waals surface area contributed by atoms with Gasteiger partial charge in [-0.1, -0.05) is 0 Å². The third-order valence-corrected chi connectivity index (χ3v) is 1.77. The van der Waals surface area contributed by atoms with Crippen LogP contribution in [0.1, 0.15) is 17.4 Å². The van der Waals surface area contributed by atoms with Crippen molar-refractivity contribution < 1.29 is 9.90 Å². The minimum atomic E-state index is -0.942. The Morgan fingerprint density at radius 1 is 1.69 bits per heavy atom. The minimum Gasteiger partial charge on any atom is -0.477 e. The molecule has 0 aliphatic heterocycles. The highest BCUT2D eigenvalue weighted by atomic mass is 16.4. The Labute approximate surface area is 76.6 Å². The van der Waals surface area contributed by atoms with Crippen LogP contribution < -0.4 is 4.90 Å². The fourth-order valence-corrected chi connectivity index (χ4v) is 1.21. The predicted molar refractivity (Wildman–Crippen MR) is 49.2 cm³/mol. The summed E-state index contributed by atoms with van der Waals surface area (Å²) in [4.78, 5) is 16.5. The van der Waals surface area contributed by atoms with E-state index in [0.717, 1.165) is 0 Å². The van der Waals surface area contributed by atoms with Gasteiger partial charge in [-0.25, -0.2) is 9.78 Å². The van der Waals surface area contributed by atoms with Crippen LogP contribution in [0.4, 0.5) is 5.95 Å². The molecule has 0 amide bonds. The Kier molecular flexibility index (Phi) is 2.55. The molecule has 1 N–H and O–H groups in total. The van der Waals surface area contributed by atoms with Crippen molar-refractivity contribution >= 4 is 11.9 Å². The maximum Gasteiger partial charge on any atom is 0.354 e. The average molecular weight is 183 g/mol. The van der Waals surface area contributed by atoms with E-state index in [2.05, 4.69) is 4.98 Å². The lowest BCUT2D eigenvalue weighted by Crippen LogP contribution is -2.17. The number of carboxylic acid groups (broad SMARTS) is 1. The number of hydrogen-bond acceptors (Lipinski definition) is 3. The Hall–Kier alpha value is -1.52. The largest absolute Gasteiger partial charge is 0.477 e. The first-order valence-electron chi connectivity index (χ1n) is 4.04. The van der Waals surface area contributed by atoms with E-state index in [1.165, 1.54) is 6.20 Å². The van der Waals surface area contributed by atoms with Gasteiger partial charge < -0.3 is 14.6 Å². The zero-order chi connectivity index (χ0) is 10.0. The van der Waals surface area contributed by atoms with Crippen molar-refractivity contribution in [3.8, 4) is 0 Å². The van der Waals surface area contributed by atoms with Crippen molar-refractivity contribution in [1.82, 2.24) is 9.55 Å². The zero-order valence-electron chi connectivity index (χ0n) is 7.98. The summed E-state index contributed by atoms with van der Waals surface area (Å²) in [6, 6.07) is 0. The lowest BCUT2D eigenvalue weighted by Gasteiger charge is -2.13. The molecule has 0 radical (unpaired) electrons. The topological polar surface area (TPSA) is 58.4 Å². The van der Waals surface area contributed by atoms with E-state index in [1.807, 2.05) is 21.0 Å². The highest BCUT2D eigenvalue weighted by molar-refractivity contribution is 5.86. The van der Waals surface area contributed by atoms with Crippen molar-refractivity contribution in [3.63, 3.8) is 0 Å². The van der Waals surface area contributed by atoms with Crippen LogP contribution in [-0.4, -0.2) is 34.7 Å². The zero-order valence-corrected chi connectivity index (χ0v) is 7.98. The van der Waals surface area contributed by atoms with Crippen LogP contribution in [0.15, 0.2) is 6.20 Å². The molecule has 1 aromatic heterocycles. The molecule has 72 valence electrons. The lowest BCUT2D eigenvalue weighted by molar-refractivity contribution is 0.0685. The maximum atomic E-state index is 10.7. The molecule has 0 atom stereocenters. The molecule has 1 aromatic rings. The van der Waals surface area contributed by atoms with Crippen LogP contribution in [-0.2, 0) is 6.54 Å². The molecule has 0 saturated carbocycles. The highest BCUT2D eigenvalue weighted by Gasteiger charge is 2.14. The molecule has 5 heteroatoms. The molecule has 0 aliphatic carbocycles. The molecule has 0 fully saturated rings. The second-order valence-electron chi connectivity index (χ2n) is 2.89. The van der Waals surface area contributed by atoms with Crippen molar-refractivity contribution in [1.29, 1.82) is 0 Å². The molecule has 0 spiro atoms. The Morgan fingerprint density at radius 3 is 2.69 bits per heavy atom. The van der Waals surface area contributed by atoms with Gasteiger partial charge in [0, 0.05) is 20.6 Å². The molecular weight excluding hydrogens is 170 g/mol. The summed E-state index contributed by atoms with van der Waals surface area (Å²) in [5.41, 5.74) is 0.228. The second-order valence-corrected chi connectivity index (χ2v) is 2.89. The van der Waals surface area contributed by atoms with Crippen molar-refractivity contribution in [3.05, 3.63) is 11.9 Å². The number of hydrogen-bond donors (Lipinski definition) is 1. The van der Waals surface area contributed by atoms with E-state index in [9.17, 15) is 4.79 Å². The average Bonchev–Trinajstić information content (AvgIpc) is 2.46. The summed E-state index contributed by atoms with van der Waals surface area (Å²) >= 11 is 0. The molecule has 5 nitrogen and oxygen atoms in total. The second kappa shape index (κ2) is 3.47. The molecule has 1 heterocycles. The van der Waals surface area contributed by atoms with Gasteiger partial charge in [-0.15, -0.1) is 0 Å². The van der Waals surface area contributed by atoms with Crippen LogP contribution in [0.25, 0.3) is 0 Å². The molecule has 0 aromatic carbocycles. The third kappa shape index (κ3) is 1.63. The number of carbonyl (C=O) groups is 1. The molecule has 0 unspecified atom stereocenters. The number of imidazole rings is 1. The predicted octanol–water partition coefficient (Wildman–Crippen LogP) is 0.667. The molecular formula is C8H13N3O2. The van der Waals surface area contributed by atoms with Gasteiger partial charge >= 0.3 is 5.97 Å². The minimum absolute atomic E-state index is 0.228. The van der Waals surface area contributed by atoms with Crippen molar-refractivity contribution in [2.24, 2.45) is 0 Å². The first kappa shape index (κ1) is 9.57. The Morgan fingerprint density at radius 2 is 2.31 bits per heavy atom. The normalized spacial score (nSPS) is 10.1. The number of anilines is 1. The number of nitrogens with zero attached hydrogens (tertiary/aromatic N) is 3. The van der Waals surface area contributed by atoms with Gasteiger partial charge in [0.1, 0.15) is 5.69 Å². The quantitative estimate of drug-likeness (QED) is 0.748. The fourth-order valence-electron chi connectivity index (χ4n) is 1.21. The number of aromatic nitrogens is 2. The van der Waals surface area contributed by atoms with E-state index in [4.69, 9.17) is 5.11 Å². The van der Waals surface area contributed by atoms with Gasteiger partial charge in [0.15, 0.2) is 0 Å². The van der Waals surface area contributed by atoms with Crippen LogP contribution >= 0.6 is 0 Å². The van der Waals surface area contributed by atoms with Gasteiger partial charge in [0.05, 0.1) is 6.20 Å². The fraction of sp³-hybridized carbons (Fsp3) is 0.500. The standard InChI is InChI=1S/C8H13N3O2/c1-4-11-6(7(12)13)5-9-8(11)10(2)3/h5H,4H2,1-3H3,(H,12,13). The number of carboxylic acids is 1. The van der Waals surface area contributed by atoms with E-state index in [-0.39, 0.29) is 5.69 Å². The molecule has 0 saturated heterocycles. The molecule has 1 rings (SSSR count). The monoisotopic (exact) mass is 183 g/mol. The van der Waals surface area contributed by atoms with E-state index >= 15 is 0 Å². The van der Waals surface area contributed by atoms with Gasteiger partial charge in [0.25, 0.3) is 0 Å². The summed E-state index contributed by atoms with van der Waals surface area (Å²) in [6.45, 7) is 2.50. The van der Waals surface area contributed by atoms with Crippen LogP contribution in [0.5, 0.6) is 0 Å². The third-order valence-electron chi connectivity index (χ3n) is 1.77. The van der Waals surface area contributed by atoms with E-state index in [1.54, 1.807) is 9.47 Å². The smallest absolute Gasteiger partial charge is 0.354 e. The first-order valence-corrected chi connectivity index (χ1v) is 4.04. The maximum absolute atomic E-state index is 10.7. The summed E-state index contributed by atoms with van der Waals surface area (Å²) < 4.78 is 1.66. The van der Waals surface area contributed by atoms with Crippen LogP contribution in [0.3, 0.4) is 0 Å². The van der Waals surface area contributed by atoms with Crippen molar-refractivity contribution in [2.75, 3.05) is 19.0 Å². The summed E-state index contributed by atoms with van der Waals surface area (Å²) in [6.07, 6.45) is 1.38.